The Balaban J connectivity index is 2.60. The van der Waals surface area contributed by atoms with Crippen LogP contribution in [0.15, 0.2) is 18.2 Å². The number of phenols is 2. The topological polar surface area (TPSA) is 95.6 Å². The molecular weight excluding hydrogens is 244 g/mol. The van der Waals surface area contributed by atoms with Gasteiger partial charge in [0.2, 0.25) is 5.91 Å². The lowest BCUT2D eigenvalue weighted by Crippen LogP contribution is -2.46. The van der Waals surface area contributed by atoms with E-state index in [-0.39, 0.29) is 23.4 Å². The summed E-state index contributed by atoms with van der Waals surface area (Å²) in [5.41, 5.74) is 6.55. The Bertz CT molecular complexity index is 431. The molecular formula is C14H22N2O3. The van der Waals surface area contributed by atoms with Crippen LogP contribution < -0.4 is 11.1 Å². The first-order chi connectivity index (χ1) is 8.97. The van der Waals surface area contributed by atoms with E-state index < -0.39 is 6.04 Å². The van der Waals surface area contributed by atoms with Gasteiger partial charge in [-0.25, -0.2) is 0 Å². The number of nitrogens with two attached hydrogens (primary N) is 1. The van der Waals surface area contributed by atoms with E-state index >= 15 is 0 Å². The highest BCUT2D eigenvalue weighted by molar-refractivity contribution is 5.82. The van der Waals surface area contributed by atoms with E-state index in [0.29, 0.717) is 12.0 Å². The number of nitrogens with one attached hydrogen (secondary N) is 1. The van der Waals surface area contributed by atoms with E-state index in [2.05, 4.69) is 5.32 Å². The van der Waals surface area contributed by atoms with E-state index in [1.165, 1.54) is 12.1 Å². The molecule has 5 nitrogen and oxygen atoms in total. The molecule has 1 atom stereocenters. The van der Waals surface area contributed by atoms with Gasteiger partial charge in [0.25, 0.3) is 0 Å². The van der Waals surface area contributed by atoms with E-state index in [1.54, 1.807) is 6.07 Å². The molecule has 0 aliphatic carbocycles. The van der Waals surface area contributed by atoms with Crippen molar-refractivity contribution in [3.8, 4) is 11.5 Å². The molecule has 1 aromatic rings. The average Bonchev–Trinajstić information content (AvgIpc) is 2.39. The first-order valence-electron chi connectivity index (χ1n) is 6.54. The minimum atomic E-state index is -0.662. The molecule has 0 aliphatic heterocycles. The fourth-order valence-electron chi connectivity index (χ4n) is 1.84. The number of hydrogen-bond donors (Lipinski definition) is 4. The predicted octanol–water partition coefficient (Wildman–Crippen LogP) is 1.27. The van der Waals surface area contributed by atoms with Gasteiger partial charge >= 0.3 is 0 Å². The molecule has 19 heavy (non-hydrogen) atoms. The second-order valence-corrected chi connectivity index (χ2v) is 4.66. The minimum Gasteiger partial charge on any atom is -0.504 e. The van der Waals surface area contributed by atoms with Crippen LogP contribution in [0, 0.1) is 0 Å². The van der Waals surface area contributed by atoms with Crippen LogP contribution in [0.25, 0.3) is 0 Å². The molecule has 0 unspecified atom stereocenters. The van der Waals surface area contributed by atoms with Crippen molar-refractivity contribution in [2.45, 2.75) is 45.2 Å². The molecule has 0 bridgehead atoms. The Morgan fingerprint density at radius 3 is 2.42 bits per heavy atom. The lowest BCUT2D eigenvalue weighted by molar-refractivity contribution is -0.123. The lowest BCUT2D eigenvalue weighted by atomic mass is 10.0. The van der Waals surface area contributed by atoms with Gasteiger partial charge in [-0.15, -0.1) is 0 Å². The molecule has 5 N–H and O–H groups in total. The zero-order valence-corrected chi connectivity index (χ0v) is 11.4. The van der Waals surface area contributed by atoms with Crippen LogP contribution in [-0.4, -0.2) is 28.2 Å². The van der Waals surface area contributed by atoms with E-state index in [4.69, 9.17) is 5.73 Å². The summed E-state index contributed by atoms with van der Waals surface area (Å²) < 4.78 is 0. The lowest BCUT2D eigenvalue weighted by Gasteiger charge is -2.18. The van der Waals surface area contributed by atoms with Gasteiger partial charge in [0.05, 0.1) is 6.04 Å². The van der Waals surface area contributed by atoms with Crippen LogP contribution in [0.4, 0.5) is 0 Å². The fourth-order valence-corrected chi connectivity index (χ4v) is 1.84. The van der Waals surface area contributed by atoms with Gasteiger partial charge in [0.15, 0.2) is 11.5 Å². The maximum Gasteiger partial charge on any atom is 0.237 e. The van der Waals surface area contributed by atoms with Crippen molar-refractivity contribution in [1.82, 2.24) is 5.32 Å². The first-order valence-corrected chi connectivity index (χ1v) is 6.54. The second-order valence-electron chi connectivity index (χ2n) is 4.66. The van der Waals surface area contributed by atoms with Gasteiger partial charge in [-0.2, -0.15) is 0 Å². The second kappa shape index (κ2) is 6.99. The number of carbonyl (C=O) groups excluding carboxylic acids is 1. The largest absolute Gasteiger partial charge is 0.504 e. The first kappa shape index (κ1) is 15.3. The van der Waals surface area contributed by atoms with Crippen LogP contribution in [0.1, 0.15) is 32.3 Å². The highest BCUT2D eigenvalue weighted by Crippen LogP contribution is 2.25. The van der Waals surface area contributed by atoms with Crippen molar-refractivity contribution in [2.24, 2.45) is 5.73 Å². The number of hydrogen-bond acceptors (Lipinski definition) is 4. The Morgan fingerprint density at radius 2 is 1.89 bits per heavy atom. The van der Waals surface area contributed by atoms with Crippen molar-refractivity contribution in [3.63, 3.8) is 0 Å². The molecule has 0 saturated heterocycles. The van der Waals surface area contributed by atoms with Crippen molar-refractivity contribution < 1.29 is 15.0 Å². The van der Waals surface area contributed by atoms with Crippen LogP contribution in [0.5, 0.6) is 11.5 Å². The monoisotopic (exact) mass is 266 g/mol. The molecule has 0 fully saturated rings. The van der Waals surface area contributed by atoms with Crippen LogP contribution in [0.2, 0.25) is 0 Å². The summed E-state index contributed by atoms with van der Waals surface area (Å²) in [6.07, 6.45) is 2.06. The SMILES string of the molecule is CCC(CC)NC(=O)[C@@H](N)Cc1ccc(O)c(O)c1. The number of benzene rings is 1. The molecule has 1 aromatic carbocycles. The van der Waals surface area contributed by atoms with Crippen molar-refractivity contribution in [1.29, 1.82) is 0 Å². The number of amides is 1. The summed E-state index contributed by atoms with van der Waals surface area (Å²) in [6, 6.07) is 3.92. The van der Waals surface area contributed by atoms with Gasteiger partial charge in [-0.05, 0) is 37.0 Å². The maximum absolute atomic E-state index is 11.9. The number of aromatic hydroxyl groups is 2. The fraction of sp³-hybridized carbons (Fsp3) is 0.500. The van der Waals surface area contributed by atoms with Crippen molar-refractivity contribution in [3.05, 3.63) is 23.8 Å². The molecule has 0 radical (unpaired) electrons. The summed E-state index contributed by atoms with van der Waals surface area (Å²) in [5, 5.41) is 21.5. The molecule has 0 aromatic heterocycles. The Morgan fingerprint density at radius 1 is 1.26 bits per heavy atom. The van der Waals surface area contributed by atoms with Gasteiger partial charge in [-0.3, -0.25) is 4.79 Å². The molecule has 0 aliphatic rings. The van der Waals surface area contributed by atoms with Gasteiger partial charge in [-0.1, -0.05) is 19.9 Å². The molecule has 106 valence electrons. The quantitative estimate of drug-likeness (QED) is 0.583. The van der Waals surface area contributed by atoms with Crippen LogP contribution in [-0.2, 0) is 11.2 Å². The Labute approximate surface area is 113 Å². The molecule has 5 heteroatoms. The Hall–Kier alpha value is -1.75. The molecule has 1 amide bonds. The normalized spacial score (nSPS) is 12.4. The van der Waals surface area contributed by atoms with Gasteiger partial charge in [0.1, 0.15) is 0 Å². The smallest absolute Gasteiger partial charge is 0.237 e. The summed E-state index contributed by atoms with van der Waals surface area (Å²) in [5.74, 6) is -0.579. The number of rotatable bonds is 6. The van der Waals surface area contributed by atoms with E-state index in [0.717, 1.165) is 12.8 Å². The van der Waals surface area contributed by atoms with Crippen molar-refractivity contribution in [2.75, 3.05) is 0 Å². The summed E-state index contributed by atoms with van der Waals surface area (Å²) in [7, 11) is 0. The molecule has 0 spiro atoms. The Kier molecular flexibility index (Phi) is 5.63. The zero-order valence-electron chi connectivity index (χ0n) is 11.4. The van der Waals surface area contributed by atoms with E-state index in [9.17, 15) is 15.0 Å². The summed E-state index contributed by atoms with van der Waals surface area (Å²) in [4.78, 5) is 11.9. The van der Waals surface area contributed by atoms with E-state index in [1.807, 2.05) is 13.8 Å². The molecule has 1 rings (SSSR count). The van der Waals surface area contributed by atoms with Crippen molar-refractivity contribution >= 4 is 5.91 Å². The summed E-state index contributed by atoms with van der Waals surface area (Å²) >= 11 is 0. The third-order valence-electron chi connectivity index (χ3n) is 3.16. The third kappa shape index (κ3) is 4.44. The minimum absolute atomic E-state index is 0.145. The maximum atomic E-state index is 11.9. The third-order valence-corrected chi connectivity index (χ3v) is 3.16. The summed E-state index contributed by atoms with van der Waals surface area (Å²) in [6.45, 7) is 4.02. The standard InChI is InChI=1S/C14H22N2O3/c1-3-10(4-2)16-14(19)11(15)7-9-5-6-12(17)13(18)8-9/h5-6,8,10-11,17-18H,3-4,7,15H2,1-2H3,(H,16,19)/t11-/m0/s1. The number of carbonyl (C=O) groups is 1. The highest BCUT2D eigenvalue weighted by Gasteiger charge is 2.17. The predicted molar refractivity (Wildman–Crippen MR) is 74.0 cm³/mol. The molecule has 0 heterocycles. The number of phenolic OH excluding ortho intramolecular Hbond substituents is 2. The van der Waals surface area contributed by atoms with Crippen LogP contribution in [0.3, 0.4) is 0 Å². The highest BCUT2D eigenvalue weighted by atomic mass is 16.3. The average molecular weight is 266 g/mol. The van der Waals surface area contributed by atoms with Crippen LogP contribution >= 0.6 is 0 Å². The molecule has 0 saturated carbocycles. The van der Waals surface area contributed by atoms with Gasteiger partial charge in [0, 0.05) is 6.04 Å². The van der Waals surface area contributed by atoms with Gasteiger partial charge < -0.3 is 21.3 Å². The zero-order chi connectivity index (χ0) is 14.4.